The van der Waals surface area contributed by atoms with E-state index in [2.05, 4.69) is 25.1 Å². The molecule has 4 rings (SSSR count). The highest BCUT2D eigenvalue weighted by molar-refractivity contribution is 7.92. The van der Waals surface area contributed by atoms with Gasteiger partial charge in [0.1, 0.15) is 5.69 Å². The van der Waals surface area contributed by atoms with E-state index in [1.807, 2.05) is 44.2 Å². The van der Waals surface area contributed by atoms with Gasteiger partial charge in [-0.1, -0.05) is 30.3 Å². The van der Waals surface area contributed by atoms with Crippen LogP contribution < -0.4 is 10.0 Å². The Balaban J connectivity index is 1.53. The molecule has 0 bridgehead atoms. The lowest BCUT2D eigenvalue weighted by atomic mass is 10.1. The smallest absolute Gasteiger partial charge is 0.273 e. The van der Waals surface area contributed by atoms with Gasteiger partial charge in [0.25, 0.3) is 15.9 Å². The zero-order valence-electron chi connectivity index (χ0n) is 18.0. The van der Waals surface area contributed by atoms with E-state index in [-0.39, 0.29) is 22.8 Å². The van der Waals surface area contributed by atoms with Gasteiger partial charge < -0.3 is 5.32 Å². The van der Waals surface area contributed by atoms with Gasteiger partial charge >= 0.3 is 0 Å². The molecule has 0 unspecified atom stereocenters. The minimum Gasteiger partial charge on any atom is -0.321 e. The average Bonchev–Trinajstić information content (AvgIpc) is 3.27. The van der Waals surface area contributed by atoms with Crippen molar-refractivity contribution in [3.63, 3.8) is 0 Å². The summed E-state index contributed by atoms with van der Waals surface area (Å²) in [6.07, 6.45) is 2.88. The molecule has 0 fully saturated rings. The van der Waals surface area contributed by atoms with Gasteiger partial charge in [-0.15, -0.1) is 0 Å². The average molecular weight is 463 g/mol. The van der Waals surface area contributed by atoms with E-state index in [1.165, 1.54) is 36.7 Å². The van der Waals surface area contributed by atoms with E-state index < -0.39 is 10.0 Å². The highest BCUT2D eigenvalue weighted by Gasteiger charge is 2.19. The van der Waals surface area contributed by atoms with Gasteiger partial charge in [-0.25, -0.2) is 23.1 Å². The highest BCUT2D eigenvalue weighted by Crippen LogP contribution is 2.23. The second-order valence-electron chi connectivity index (χ2n) is 7.48. The van der Waals surface area contributed by atoms with Gasteiger partial charge in [-0.3, -0.25) is 9.48 Å². The highest BCUT2D eigenvalue weighted by atomic mass is 32.2. The molecule has 0 saturated carbocycles. The summed E-state index contributed by atoms with van der Waals surface area (Å²) < 4.78 is 29.0. The number of amides is 1. The van der Waals surface area contributed by atoms with Crippen LogP contribution in [0.25, 0.3) is 11.3 Å². The molecule has 4 aromatic rings. The Morgan fingerprint density at radius 2 is 1.61 bits per heavy atom. The molecule has 2 N–H and O–H groups in total. The van der Waals surface area contributed by atoms with Crippen LogP contribution in [0.2, 0.25) is 0 Å². The predicted molar refractivity (Wildman–Crippen MR) is 125 cm³/mol. The number of hydrogen-bond donors (Lipinski definition) is 2. The summed E-state index contributed by atoms with van der Waals surface area (Å²) in [5.41, 5.74) is 2.47. The third-order valence-corrected chi connectivity index (χ3v) is 6.09. The molecule has 1 amide bonds. The van der Waals surface area contributed by atoms with Crippen LogP contribution in [0.15, 0.2) is 84.0 Å². The number of aromatic nitrogens is 4. The molecule has 168 valence electrons. The number of hydrogen-bond acceptors (Lipinski definition) is 6. The van der Waals surface area contributed by atoms with Gasteiger partial charge in [0.2, 0.25) is 5.95 Å². The standard InChI is InChI=1S/C23H22N6O3S/c1-16(2)29-21(15-20(27-29)17-7-4-3-5-8-17)22(30)26-18-9-11-19(12-10-18)33(31,32)28-23-24-13-6-14-25-23/h3-16H,1-2H3,(H,26,30)(H,24,25,28). The first-order chi connectivity index (χ1) is 15.8. The Morgan fingerprint density at radius 3 is 2.24 bits per heavy atom. The minimum atomic E-state index is -3.86. The van der Waals surface area contributed by atoms with Crippen LogP contribution in [0.4, 0.5) is 11.6 Å². The van der Waals surface area contributed by atoms with Crippen molar-refractivity contribution in [2.75, 3.05) is 10.0 Å². The first-order valence-electron chi connectivity index (χ1n) is 10.2. The molecule has 33 heavy (non-hydrogen) atoms. The lowest BCUT2D eigenvalue weighted by Crippen LogP contribution is -2.19. The summed E-state index contributed by atoms with van der Waals surface area (Å²) in [5.74, 6) is -0.365. The number of nitrogens with zero attached hydrogens (tertiary/aromatic N) is 4. The fourth-order valence-electron chi connectivity index (χ4n) is 3.15. The molecule has 0 aliphatic carbocycles. The molecule has 2 aromatic carbocycles. The summed E-state index contributed by atoms with van der Waals surface area (Å²) in [4.78, 5) is 20.7. The quantitative estimate of drug-likeness (QED) is 0.429. The van der Waals surface area contributed by atoms with Crippen molar-refractivity contribution in [3.8, 4) is 11.3 Å². The Hall–Kier alpha value is -4.05. The van der Waals surface area contributed by atoms with Crippen LogP contribution in [0.1, 0.15) is 30.4 Å². The lowest BCUT2D eigenvalue weighted by molar-refractivity contribution is 0.101. The Kier molecular flexibility index (Phi) is 6.18. The third-order valence-electron chi connectivity index (χ3n) is 4.74. The minimum absolute atomic E-state index is 0.0199. The maximum absolute atomic E-state index is 13.0. The van der Waals surface area contributed by atoms with Gasteiger partial charge in [0.15, 0.2) is 0 Å². The van der Waals surface area contributed by atoms with Crippen LogP contribution in [-0.2, 0) is 10.0 Å². The number of anilines is 2. The molecular weight excluding hydrogens is 440 g/mol. The van der Waals surface area contributed by atoms with Crippen LogP contribution >= 0.6 is 0 Å². The van der Waals surface area contributed by atoms with Crippen molar-refractivity contribution in [1.82, 2.24) is 19.7 Å². The molecular formula is C23H22N6O3S. The molecule has 2 heterocycles. The van der Waals surface area contributed by atoms with Crippen LogP contribution in [-0.4, -0.2) is 34.1 Å². The Bertz CT molecular complexity index is 1350. The van der Waals surface area contributed by atoms with Crippen molar-refractivity contribution in [2.45, 2.75) is 24.8 Å². The van der Waals surface area contributed by atoms with Crippen LogP contribution in [0, 0.1) is 0 Å². The SMILES string of the molecule is CC(C)n1nc(-c2ccccc2)cc1C(=O)Nc1ccc(S(=O)(=O)Nc2ncccn2)cc1. The molecule has 0 aliphatic heterocycles. The van der Waals surface area contributed by atoms with Gasteiger partial charge in [0.05, 0.1) is 10.6 Å². The first-order valence-corrected chi connectivity index (χ1v) is 11.7. The molecule has 0 radical (unpaired) electrons. The van der Waals surface area contributed by atoms with Gasteiger partial charge in [-0.05, 0) is 50.2 Å². The van der Waals surface area contributed by atoms with E-state index in [4.69, 9.17) is 0 Å². The summed E-state index contributed by atoms with van der Waals surface area (Å²) in [6.45, 7) is 3.89. The Morgan fingerprint density at radius 1 is 0.939 bits per heavy atom. The summed E-state index contributed by atoms with van der Waals surface area (Å²) >= 11 is 0. The topological polar surface area (TPSA) is 119 Å². The molecule has 0 atom stereocenters. The third kappa shape index (κ3) is 5.07. The van der Waals surface area contributed by atoms with E-state index >= 15 is 0 Å². The van der Waals surface area contributed by atoms with E-state index in [9.17, 15) is 13.2 Å². The van der Waals surface area contributed by atoms with Gasteiger partial charge in [-0.2, -0.15) is 5.10 Å². The fraction of sp³-hybridized carbons (Fsp3) is 0.130. The Labute approximate surface area is 191 Å². The zero-order valence-corrected chi connectivity index (χ0v) is 18.8. The number of carbonyl (C=O) groups excluding carboxylic acids is 1. The number of benzene rings is 2. The predicted octanol–water partition coefficient (Wildman–Crippen LogP) is 3.97. The largest absolute Gasteiger partial charge is 0.321 e. The monoisotopic (exact) mass is 462 g/mol. The number of carbonyl (C=O) groups is 1. The molecule has 2 aromatic heterocycles. The first kappa shape index (κ1) is 22.2. The van der Waals surface area contributed by atoms with Crippen LogP contribution in [0.5, 0.6) is 0 Å². The second-order valence-corrected chi connectivity index (χ2v) is 9.16. The van der Waals surface area contributed by atoms with Crippen molar-refractivity contribution in [3.05, 3.63) is 84.8 Å². The molecule has 0 saturated heterocycles. The summed E-state index contributed by atoms with van der Waals surface area (Å²) in [5, 5.41) is 7.39. The van der Waals surface area contributed by atoms with E-state index in [1.54, 1.807) is 16.8 Å². The maximum atomic E-state index is 13.0. The number of rotatable bonds is 7. The molecule has 10 heteroatoms. The molecule has 9 nitrogen and oxygen atoms in total. The zero-order chi connectivity index (χ0) is 23.4. The summed E-state index contributed by atoms with van der Waals surface area (Å²) in [6, 6.07) is 18.8. The number of nitrogens with one attached hydrogen (secondary N) is 2. The second kappa shape index (κ2) is 9.21. The van der Waals surface area contributed by atoms with Crippen molar-refractivity contribution in [2.24, 2.45) is 0 Å². The van der Waals surface area contributed by atoms with Crippen molar-refractivity contribution >= 4 is 27.6 Å². The lowest BCUT2D eigenvalue weighted by Gasteiger charge is -2.11. The van der Waals surface area contributed by atoms with E-state index in [0.717, 1.165) is 5.56 Å². The van der Waals surface area contributed by atoms with E-state index in [0.29, 0.717) is 17.1 Å². The van der Waals surface area contributed by atoms with Gasteiger partial charge in [0, 0.05) is 29.7 Å². The maximum Gasteiger partial charge on any atom is 0.273 e. The molecule has 0 aliphatic rings. The summed E-state index contributed by atoms with van der Waals surface area (Å²) in [7, 11) is -3.86. The number of sulfonamides is 1. The normalized spacial score (nSPS) is 11.4. The van der Waals surface area contributed by atoms with Crippen LogP contribution in [0.3, 0.4) is 0 Å². The van der Waals surface area contributed by atoms with Crippen molar-refractivity contribution in [1.29, 1.82) is 0 Å². The fourth-order valence-corrected chi connectivity index (χ4v) is 4.11. The van der Waals surface area contributed by atoms with Crippen molar-refractivity contribution < 1.29 is 13.2 Å². The molecule has 0 spiro atoms.